The van der Waals surface area contributed by atoms with E-state index in [-0.39, 0.29) is 41.3 Å². The van der Waals surface area contributed by atoms with Crippen molar-refractivity contribution in [2.24, 2.45) is 11.8 Å². The van der Waals surface area contributed by atoms with Crippen molar-refractivity contribution < 1.29 is 19.5 Å². The van der Waals surface area contributed by atoms with Gasteiger partial charge in [0, 0.05) is 6.42 Å². The number of hydrogen-bond donors (Lipinski definition) is 1. The number of carboxylic acids is 1. The molecule has 1 aromatic carbocycles. The third-order valence-electron chi connectivity index (χ3n) is 4.96. The van der Waals surface area contributed by atoms with E-state index in [1.165, 1.54) is 12.1 Å². The highest BCUT2D eigenvalue weighted by Crippen LogP contribution is 2.36. The summed E-state index contributed by atoms with van der Waals surface area (Å²) in [6.45, 7) is 4.23. The standard InChI is InChI=1S/C20H27NO4/c1-3-5-6-10-14(9-4-2)16-13-18(22)21(19(16)23)17-12-8-7-11-15(17)20(24)25/h7-8,11-12,14,16H,3-6,9-10,13H2,1-2H3,(H,24,25). The fraction of sp³-hybridized carbons (Fsp3) is 0.550. The predicted molar refractivity (Wildman–Crippen MR) is 96.5 cm³/mol. The zero-order valence-electron chi connectivity index (χ0n) is 15.0. The minimum atomic E-state index is -1.13. The number of anilines is 1. The van der Waals surface area contributed by atoms with E-state index in [0.717, 1.165) is 43.4 Å². The smallest absolute Gasteiger partial charge is 0.337 e. The molecular weight excluding hydrogens is 318 g/mol. The van der Waals surface area contributed by atoms with Gasteiger partial charge in [-0.3, -0.25) is 9.59 Å². The number of benzene rings is 1. The van der Waals surface area contributed by atoms with Gasteiger partial charge in [0.25, 0.3) is 0 Å². The van der Waals surface area contributed by atoms with E-state index in [0.29, 0.717) is 0 Å². The molecule has 1 aromatic rings. The van der Waals surface area contributed by atoms with Crippen LogP contribution in [0.5, 0.6) is 0 Å². The molecule has 0 spiro atoms. The normalized spacial score (nSPS) is 18.6. The van der Waals surface area contributed by atoms with Gasteiger partial charge in [0.2, 0.25) is 11.8 Å². The van der Waals surface area contributed by atoms with Crippen LogP contribution in [0.15, 0.2) is 24.3 Å². The number of aromatic carboxylic acids is 1. The lowest BCUT2D eigenvalue weighted by Gasteiger charge is -2.22. The van der Waals surface area contributed by atoms with E-state index < -0.39 is 5.97 Å². The predicted octanol–water partition coefficient (Wildman–Crippen LogP) is 4.26. The van der Waals surface area contributed by atoms with Crippen molar-refractivity contribution in [1.29, 1.82) is 0 Å². The molecule has 2 rings (SSSR count). The van der Waals surface area contributed by atoms with E-state index in [1.54, 1.807) is 12.1 Å². The van der Waals surface area contributed by atoms with E-state index >= 15 is 0 Å². The SMILES string of the molecule is CCCCCC(CCC)C1CC(=O)N(c2ccccc2C(=O)O)C1=O. The lowest BCUT2D eigenvalue weighted by molar-refractivity contribution is -0.123. The molecule has 2 atom stereocenters. The summed E-state index contributed by atoms with van der Waals surface area (Å²) in [5.41, 5.74) is 0.180. The van der Waals surface area contributed by atoms with Crippen molar-refractivity contribution in [3.05, 3.63) is 29.8 Å². The maximum absolute atomic E-state index is 13.0. The van der Waals surface area contributed by atoms with Crippen LogP contribution < -0.4 is 4.90 Å². The highest BCUT2D eigenvalue weighted by molar-refractivity contribution is 6.22. The molecule has 136 valence electrons. The molecule has 1 N–H and O–H groups in total. The second-order valence-corrected chi connectivity index (χ2v) is 6.74. The highest BCUT2D eigenvalue weighted by Gasteiger charge is 2.43. The molecule has 0 bridgehead atoms. The van der Waals surface area contributed by atoms with Gasteiger partial charge in [0.05, 0.1) is 17.2 Å². The second kappa shape index (κ2) is 8.79. The van der Waals surface area contributed by atoms with Crippen LogP contribution in [0, 0.1) is 11.8 Å². The second-order valence-electron chi connectivity index (χ2n) is 6.74. The monoisotopic (exact) mass is 345 g/mol. The summed E-state index contributed by atoms with van der Waals surface area (Å²) in [6, 6.07) is 6.21. The molecule has 1 aliphatic heterocycles. The number of unbranched alkanes of at least 4 members (excludes halogenated alkanes) is 2. The molecule has 1 fully saturated rings. The summed E-state index contributed by atoms with van der Waals surface area (Å²) in [7, 11) is 0. The van der Waals surface area contributed by atoms with Gasteiger partial charge in [-0.1, -0.05) is 51.7 Å². The molecule has 1 aliphatic rings. The van der Waals surface area contributed by atoms with Crippen molar-refractivity contribution >= 4 is 23.5 Å². The van der Waals surface area contributed by atoms with Gasteiger partial charge in [-0.15, -0.1) is 0 Å². The molecule has 0 saturated carbocycles. The average molecular weight is 345 g/mol. The van der Waals surface area contributed by atoms with Gasteiger partial charge in [0.1, 0.15) is 0 Å². The zero-order valence-corrected chi connectivity index (χ0v) is 15.0. The minimum absolute atomic E-state index is 0.0112. The quantitative estimate of drug-likeness (QED) is 0.536. The lowest BCUT2D eigenvalue weighted by Crippen LogP contribution is -2.33. The Hall–Kier alpha value is -2.17. The Morgan fingerprint density at radius 3 is 2.52 bits per heavy atom. The first-order valence-electron chi connectivity index (χ1n) is 9.20. The Kier molecular flexibility index (Phi) is 6.73. The molecule has 0 aliphatic carbocycles. The molecule has 2 amide bonds. The maximum atomic E-state index is 13.0. The van der Waals surface area contributed by atoms with Crippen molar-refractivity contribution in [1.82, 2.24) is 0 Å². The van der Waals surface area contributed by atoms with E-state index in [9.17, 15) is 19.5 Å². The number of nitrogens with zero attached hydrogens (tertiary/aromatic N) is 1. The van der Waals surface area contributed by atoms with E-state index in [4.69, 9.17) is 0 Å². The Morgan fingerprint density at radius 2 is 1.88 bits per heavy atom. The lowest BCUT2D eigenvalue weighted by atomic mass is 9.83. The topological polar surface area (TPSA) is 74.7 Å². The van der Waals surface area contributed by atoms with Crippen LogP contribution in [0.1, 0.15) is 69.2 Å². The molecule has 0 aromatic heterocycles. The molecule has 5 nitrogen and oxygen atoms in total. The molecule has 5 heteroatoms. The minimum Gasteiger partial charge on any atom is -0.478 e. The van der Waals surface area contributed by atoms with Crippen LogP contribution in [-0.4, -0.2) is 22.9 Å². The Morgan fingerprint density at radius 1 is 1.16 bits per heavy atom. The summed E-state index contributed by atoms with van der Waals surface area (Å²) in [5.74, 6) is -1.80. The first-order valence-corrected chi connectivity index (χ1v) is 9.20. The number of imide groups is 1. The van der Waals surface area contributed by atoms with Crippen LogP contribution >= 0.6 is 0 Å². The summed E-state index contributed by atoms with van der Waals surface area (Å²) < 4.78 is 0. The Balaban J connectivity index is 2.25. The molecule has 1 heterocycles. The van der Waals surface area contributed by atoms with Crippen LogP contribution in [-0.2, 0) is 9.59 Å². The highest BCUT2D eigenvalue weighted by atomic mass is 16.4. The number of amides is 2. The molecule has 0 radical (unpaired) electrons. The van der Waals surface area contributed by atoms with Gasteiger partial charge in [0.15, 0.2) is 0 Å². The number of rotatable bonds is 9. The van der Waals surface area contributed by atoms with Gasteiger partial charge in [-0.05, 0) is 30.9 Å². The van der Waals surface area contributed by atoms with Gasteiger partial charge >= 0.3 is 5.97 Å². The number of carbonyl (C=O) groups is 3. The molecule has 25 heavy (non-hydrogen) atoms. The third kappa shape index (κ3) is 4.27. The number of para-hydroxylation sites is 1. The number of carboxylic acid groups (broad SMARTS) is 1. The van der Waals surface area contributed by atoms with Crippen LogP contribution in [0.3, 0.4) is 0 Å². The van der Waals surface area contributed by atoms with Crippen LogP contribution in [0.25, 0.3) is 0 Å². The number of carbonyl (C=O) groups excluding carboxylic acids is 2. The largest absolute Gasteiger partial charge is 0.478 e. The fourth-order valence-electron chi connectivity index (χ4n) is 3.70. The number of hydrogen-bond acceptors (Lipinski definition) is 3. The van der Waals surface area contributed by atoms with Gasteiger partial charge < -0.3 is 5.11 Å². The first kappa shape index (κ1) is 19.2. The van der Waals surface area contributed by atoms with Crippen molar-refractivity contribution in [3.63, 3.8) is 0 Å². The molecule has 1 saturated heterocycles. The Bertz CT molecular complexity index is 640. The van der Waals surface area contributed by atoms with E-state index in [1.807, 2.05) is 0 Å². The summed E-state index contributed by atoms with van der Waals surface area (Å²) >= 11 is 0. The molecule has 2 unspecified atom stereocenters. The van der Waals surface area contributed by atoms with Crippen molar-refractivity contribution in [3.8, 4) is 0 Å². The Labute approximate surface area is 149 Å². The van der Waals surface area contributed by atoms with E-state index in [2.05, 4.69) is 13.8 Å². The average Bonchev–Trinajstić information content (AvgIpc) is 2.88. The van der Waals surface area contributed by atoms with Gasteiger partial charge in [-0.2, -0.15) is 0 Å². The molecular formula is C20H27NO4. The first-order chi connectivity index (χ1) is 12.0. The van der Waals surface area contributed by atoms with Gasteiger partial charge in [-0.25, -0.2) is 9.69 Å². The van der Waals surface area contributed by atoms with Crippen molar-refractivity contribution in [2.75, 3.05) is 4.90 Å². The summed E-state index contributed by atoms with van der Waals surface area (Å²) in [4.78, 5) is 38.0. The summed E-state index contributed by atoms with van der Waals surface area (Å²) in [6.07, 6.45) is 6.33. The summed E-state index contributed by atoms with van der Waals surface area (Å²) in [5, 5.41) is 9.35. The third-order valence-corrected chi connectivity index (χ3v) is 4.96. The van der Waals surface area contributed by atoms with Crippen LogP contribution in [0.2, 0.25) is 0 Å². The van der Waals surface area contributed by atoms with Crippen molar-refractivity contribution in [2.45, 2.75) is 58.8 Å². The van der Waals surface area contributed by atoms with Crippen LogP contribution in [0.4, 0.5) is 5.69 Å². The maximum Gasteiger partial charge on any atom is 0.337 e. The zero-order chi connectivity index (χ0) is 18.4. The fourth-order valence-corrected chi connectivity index (χ4v) is 3.70.